The van der Waals surface area contributed by atoms with Gasteiger partial charge >= 0.3 is 0 Å². The number of thioether (sulfide) groups is 1. The van der Waals surface area contributed by atoms with E-state index in [0.29, 0.717) is 18.0 Å². The number of aromatic nitrogens is 1. The summed E-state index contributed by atoms with van der Waals surface area (Å²) in [4.78, 5) is 18.9. The minimum absolute atomic E-state index is 0.0346. The summed E-state index contributed by atoms with van der Waals surface area (Å²) in [6.07, 6.45) is 2.18. The molecule has 21 heavy (non-hydrogen) atoms. The summed E-state index contributed by atoms with van der Waals surface area (Å²) in [6.45, 7) is 2.71. The molecule has 1 fully saturated rings. The highest BCUT2D eigenvalue weighted by atomic mass is 32.2. The van der Waals surface area contributed by atoms with Crippen molar-refractivity contribution in [3.05, 3.63) is 53.7 Å². The van der Waals surface area contributed by atoms with Gasteiger partial charge in [-0.3, -0.25) is 4.79 Å². The van der Waals surface area contributed by atoms with Gasteiger partial charge < -0.3 is 9.32 Å². The largest absolute Gasteiger partial charge is 0.448 e. The minimum Gasteiger partial charge on any atom is -0.448 e. The number of oxazole rings is 1. The molecule has 3 rings (SSSR count). The van der Waals surface area contributed by atoms with Gasteiger partial charge in [0.15, 0.2) is 11.6 Å². The Kier molecular flexibility index (Phi) is 4.29. The fourth-order valence-corrected chi connectivity index (χ4v) is 3.60. The lowest BCUT2D eigenvalue weighted by molar-refractivity contribution is 0.0695. The van der Waals surface area contributed by atoms with Gasteiger partial charge in [-0.25, -0.2) is 4.98 Å². The molecule has 0 aliphatic carbocycles. The molecule has 5 heteroatoms. The SMILES string of the molecule is CCc1nc(C(=O)N2CCSCC2c2ccccc2)co1. The zero-order valence-electron chi connectivity index (χ0n) is 12.0. The van der Waals surface area contributed by atoms with Crippen molar-refractivity contribution in [3.8, 4) is 0 Å². The van der Waals surface area contributed by atoms with Crippen molar-refractivity contribution in [1.29, 1.82) is 0 Å². The highest BCUT2D eigenvalue weighted by Crippen LogP contribution is 2.30. The van der Waals surface area contributed by atoms with Gasteiger partial charge in [0.25, 0.3) is 5.91 Å². The van der Waals surface area contributed by atoms with Crippen LogP contribution in [-0.2, 0) is 6.42 Å². The third-order valence-corrected chi connectivity index (χ3v) is 4.67. The van der Waals surface area contributed by atoms with E-state index in [1.807, 2.05) is 41.8 Å². The first-order valence-electron chi connectivity index (χ1n) is 7.17. The lowest BCUT2D eigenvalue weighted by atomic mass is 10.1. The summed E-state index contributed by atoms with van der Waals surface area (Å²) in [6, 6.07) is 10.3. The smallest absolute Gasteiger partial charge is 0.276 e. The molecule has 110 valence electrons. The summed E-state index contributed by atoms with van der Waals surface area (Å²) < 4.78 is 5.30. The van der Waals surface area contributed by atoms with Crippen molar-refractivity contribution in [2.75, 3.05) is 18.1 Å². The molecule has 1 aliphatic heterocycles. The number of carbonyl (C=O) groups excluding carboxylic acids is 1. The zero-order valence-corrected chi connectivity index (χ0v) is 12.8. The predicted molar refractivity (Wildman–Crippen MR) is 83.4 cm³/mol. The van der Waals surface area contributed by atoms with Crippen LogP contribution in [0.4, 0.5) is 0 Å². The summed E-state index contributed by atoms with van der Waals surface area (Å²) in [5, 5.41) is 0. The number of carbonyl (C=O) groups is 1. The quantitative estimate of drug-likeness (QED) is 0.873. The van der Waals surface area contributed by atoms with Crippen LogP contribution in [0.15, 0.2) is 41.0 Å². The van der Waals surface area contributed by atoms with Crippen LogP contribution in [-0.4, -0.2) is 33.8 Å². The number of nitrogens with zero attached hydrogens (tertiary/aromatic N) is 2. The van der Waals surface area contributed by atoms with Gasteiger partial charge in [0, 0.05) is 24.5 Å². The molecule has 0 spiro atoms. The summed E-state index contributed by atoms with van der Waals surface area (Å²) >= 11 is 1.89. The van der Waals surface area contributed by atoms with Crippen LogP contribution in [0, 0.1) is 0 Å². The van der Waals surface area contributed by atoms with E-state index in [2.05, 4.69) is 17.1 Å². The van der Waals surface area contributed by atoms with Crippen molar-refractivity contribution in [2.24, 2.45) is 0 Å². The molecule has 2 heterocycles. The molecule has 1 unspecified atom stereocenters. The van der Waals surface area contributed by atoms with Gasteiger partial charge in [-0.1, -0.05) is 37.3 Å². The summed E-state index contributed by atoms with van der Waals surface area (Å²) in [7, 11) is 0. The Morgan fingerprint density at radius 1 is 1.43 bits per heavy atom. The Bertz CT molecular complexity index is 612. The van der Waals surface area contributed by atoms with Crippen LogP contribution in [0.1, 0.15) is 34.9 Å². The fourth-order valence-electron chi connectivity index (χ4n) is 2.52. The molecule has 0 radical (unpaired) electrons. The van der Waals surface area contributed by atoms with E-state index in [4.69, 9.17) is 4.42 Å². The van der Waals surface area contributed by atoms with E-state index in [1.54, 1.807) is 0 Å². The molecule has 1 aliphatic rings. The molecule has 0 N–H and O–H groups in total. The lowest BCUT2D eigenvalue weighted by Crippen LogP contribution is -2.40. The molecule has 2 aromatic rings. The fraction of sp³-hybridized carbons (Fsp3) is 0.375. The van der Waals surface area contributed by atoms with Gasteiger partial charge in [-0.2, -0.15) is 11.8 Å². The first kappa shape index (κ1) is 14.2. The average Bonchev–Trinajstić information content (AvgIpc) is 3.04. The van der Waals surface area contributed by atoms with E-state index in [9.17, 15) is 4.79 Å². The van der Waals surface area contributed by atoms with Gasteiger partial charge in [0.2, 0.25) is 0 Å². The molecular formula is C16H18N2O2S. The lowest BCUT2D eigenvalue weighted by Gasteiger charge is -2.35. The number of benzene rings is 1. The molecule has 1 aromatic heterocycles. The molecule has 0 saturated carbocycles. The zero-order chi connectivity index (χ0) is 14.7. The average molecular weight is 302 g/mol. The normalized spacial score (nSPS) is 18.7. The van der Waals surface area contributed by atoms with Crippen LogP contribution in [0.3, 0.4) is 0 Å². The maximum atomic E-state index is 12.7. The summed E-state index contributed by atoms with van der Waals surface area (Å²) in [5.41, 5.74) is 1.59. The second-order valence-corrected chi connectivity index (χ2v) is 6.13. The number of hydrogen-bond acceptors (Lipinski definition) is 4. The van der Waals surface area contributed by atoms with Gasteiger partial charge in [0.05, 0.1) is 6.04 Å². The van der Waals surface area contributed by atoms with Gasteiger partial charge in [-0.05, 0) is 5.56 Å². The number of aryl methyl sites for hydroxylation is 1. The molecule has 1 saturated heterocycles. The first-order chi connectivity index (χ1) is 10.3. The maximum Gasteiger partial charge on any atom is 0.276 e. The third kappa shape index (κ3) is 2.97. The molecule has 1 aromatic carbocycles. The highest BCUT2D eigenvalue weighted by Gasteiger charge is 2.30. The van der Waals surface area contributed by atoms with Crippen LogP contribution in [0.2, 0.25) is 0 Å². The van der Waals surface area contributed by atoms with Crippen LogP contribution >= 0.6 is 11.8 Å². The molecule has 4 nitrogen and oxygen atoms in total. The van der Waals surface area contributed by atoms with Crippen molar-refractivity contribution >= 4 is 17.7 Å². The van der Waals surface area contributed by atoms with Crippen LogP contribution in [0.5, 0.6) is 0 Å². The van der Waals surface area contributed by atoms with E-state index >= 15 is 0 Å². The molecular weight excluding hydrogens is 284 g/mol. The Labute approximate surface area is 128 Å². The minimum atomic E-state index is -0.0346. The highest BCUT2D eigenvalue weighted by molar-refractivity contribution is 7.99. The predicted octanol–water partition coefficient (Wildman–Crippen LogP) is 3.17. The number of amides is 1. The van der Waals surface area contributed by atoms with Crippen molar-refractivity contribution < 1.29 is 9.21 Å². The maximum absolute atomic E-state index is 12.7. The van der Waals surface area contributed by atoms with E-state index in [0.717, 1.165) is 18.1 Å². The van der Waals surface area contributed by atoms with Crippen LogP contribution in [0.25, 0.3) is 0 Å². The van der Waals surface area contributed by atoms with Gasteiger partial charge in [0.1, 0.15) is 6.26 Å². The third-order valence-electron chi connectivity index (χ3n) is 3.65. The molecule has 0 bridgehead atoms. The van der Waals surface area contributed by atoms with Gasteiger partial charge in [-0.15, -0.1) is 0 Å². The Hall–Kier alpha value is -1.75. The Balaban J connectivity index is 1.85. The van der Waals surface area contributed by atoms with E-state index < -0.39 is 0 Å². The monoisotopic (exact) mass is 302 g/mol. The molecule has 1 atom stereocenters. The van der Waals surface area contributed by atoms with Crippen molar-refractivity contribution in [1.82, 2.24) is 9.88 Å². The number of hydrogen-bond donors (Lipinski definition) is 0. The Morgan fingerprint density at radius 3 is 2.95 bits per heavy atom. The molecule has 1 amide bonds. The van der Waals surface area contributed by atoms with E-state index in [-0.39, 0.29) is 11.9 Å². The number of rotatable bonds is 3. The second kappa shape index (κ2) is 6.35. The second-order valence-electron chi connectivity index (χ2n) is 4.98. The Morgan fingerprint density at radius 2 is 2.24 bits per heavy atom. The van der Waals surface area contributed by atoms with Crippen molar-refractivity contribution in [3.63, 3.8) is 0 Å². The van der Waals surface area contributed by atoms with Crippen molar-refractivity contribution in [2.45, 2.75) is 19.4 Å². The van der Waals surface area contributed by atoms with Crippen LogP contribution < -0.4 is 0 Å². The first-order valence-corrected chi connectivity index (χ1v) is 8.33. The summed E-state index contributed by atoms with van der Waals surface area (Å²) in [5.74, 6) is 2.47. The topological polar surface area (TPSA) is 46.3 Å². The van der Waals surface area contributed by atoms with E-state index in [1.165, 1.54) is 11.8 Å². The standard InChI is InChI=1S/C16H18N2O2S/c1-2-15-17-13(10-20-15)16(19)18-8-9-21-11-14(18)12-6-4-3-5-7-12/h3-7,10,14H,2,8-9,11H2,1H3.